The number of rotatable bonds is 5. The van der Waals surface area contributed by atoms with E-state index in [0.29, 0.717) is 45.0 Å². The summed E-state index contributed by atoms with van der Waals surface area (Å²) in [5.41, 5.74) is 5.70. The first-order valence-electron chi connectivity index (χ1n) is 6.44. The fourth-order valence-electron chi connectivity index (χ4n) is 2.10. The molecule has 0 unspecified atom stereocenters. The SMILES string of the molecule is NCCn1cc(C(=O)N2CCN(CC(=O)O)CC2)nn1. The van der Waals surface area contributed by atoms with E-state index in [-0.39, 0.29) is 12.5 Å². The highest BCUT2D eigenvalue weighted by atomic mass is 16.4. The van der Waals surface area contributed by atoms with E-state index in [2.05, 4.69) is 10.3 Å². The third-order valence-electron chi connectivity index (χ3n) is 3.13. The second-order valence-electron chi connectivity index (χ2n) is 4.62. The maximum absolute atomic E-state index is 12.2. The Hall–Kier alpha value is -2.00. The molecule has 2 heterocycles. The van der Waals surface area contributed by atoms with Crippen molar-refractivity contribution in [2.75, 3.05) is 39.3 Å². The molecule has 3 N–H and O–H groups in total. The van der Waals surface area contributed by atoms with Crippen LogP contribution < -0.4 is 5.73 Å². The molecule has 9 heteroatoms. The van der Waals surface area contributed by atoms with Crippen LogP contribution in [0, 0.1) is 0 Å². The van der Waals surface area contributed by atoms with E-state index in [0.717, 1.165) is 0 Å². The van der Waals surface area contributed by atoms with Crippen LogP contribution in [0.25, 0.3) is 0 Å². The summed E-state index contributed by atoms with van der Waals surface area (Å²) < 4.78 is 1.54. The Bertz CT molecular complexity index is 480. The third kappa shape index (κ3) is 3.52. The monoisotopic (exact) mass is 282 g/mol. The number of carboxylic acids is 1. The van der Waals surface area contributed by atoms with Crippen LogP contribution in [0.2, 0.25) is 0 Å². The molecule has 1 aromatic heterocycles. The van der Waals surface area contributed by atoms with Gasteiger partial charge in [0.05, 0.1) is 19.3 Å². The van der Waals surface area contributed by atoms with E-state index >= 15 is 0 Å². The molecule has 0 aliphatic carbocycles. The maximum Gasteiger partial charge on any atom is 0.317 e. The minimum absolute atomic E-state index is 0.00864. The van der Waals surface area contributed by atoms with Gasteiger partial charge in [-0.2, -0.15) is 0 Å². The van der Waals surface area contributed by atoms with Crippen molar-refractivity contribution in [3.8, 4) is 0 Å². The third-order valence-corrected chi connectivity index (χ3v) is 3.13. The van der Waals surface area contributed by atoms with Gasteiger partial charge in [-0.1, -0.05) is 5.21 Å². The summed E-state index contributed by atoms with van der Waals surface area (Å²) in [6.45, 7) is 3.06. The topological polar surface area (TPSA) is 118 Å². The number of aliphatic carboxylic acids is 1. The molecule has 1 aliphatic heterocycles. The van der Waals surface area contributed by atoms with E-state index in [1.807, 2.05) is 0 Å². The number of amides is 1. The lowest BCUT2D eigenvalue weighted by atomic mass is 10.3. The summed E-state index contributed by atoms with van der Waals surface area (Å²) in [5.74, 6) is -1.03. The number of hydrogen-bond acceptors (Lipinski definition) is 6. The van der Waals surface area contributed by atoms with Crippen molar-refractivity contribution in [1.82, 2.24) is 24.8 Å². The van der Waals surface area contributed by atoms with Gasteiger partial charge in [-0.3, -0.25) is 19.2 Å². The summed E-state index contributed by atoms with van der Waals surface area (Å²) in [5, 5.41) is 16.4. The first-order valence-corrected chi connectivity index (χ1v) is 6.44. The fraction of sp³-hybridized carbons (Fsp3) is 0.636. The van der Waals surface area contributed by atoms with E-state index in [4.69, 9.17) is 10.8 Å². The first-order chi connectivity index (χ1) is 9.60. The van der Waals surface area contributed by atoms with Crippen molar-refractivity contribution in [2.45, 2.75) is 6.54 Å². The standard InChI is InChI=1S/C11H18N6O3/c12-1-2-17-7-9(13-14-17)11(20)16-5-3-15(4-6-16)8-10(18)19/h7H,1-6,8,12H2,(H,18,19). The van der Waals surface area contributed by atoms with E-state index < -0.39 is 5.97 Å². The average Bonchev–Trinajstić information content (AvgIpc) is 2.87. The molecule has 0 radical (unpaired) electrons. The molecule has 1 aromatic rings. The van der Waals surface area contributed by atoms with Gasteiger partial charge in [-0.15, -0.1) is 5.10 Å². The lowest BCUT2D eigenvalue weighted by molar-refractivity contribution is -0.138. The van der Waals surface area contributed by atoms with Crippen LogP contribution in [0.1, 0.15) is 10.5 Å². The van der Waals surface area contributed by atoms with Crippen LogP contribution >= 0.6 is 0 Å². The lowest BCUT2D eigenvalue weighted by Crippen LogP contribution is -2.50. The molecule has 2 rings (SSSR count). The largest absolute Gasteiger partial charge is 0.480 e. The minimum Gasteiger partial charge on any atom is -0.480 e. The molecular formula is C11H18N6O3. The summed E-state index contributed by atoms with van der Waals surface area (Å²) in [6.07, 6.45) is 1.58. The van der Waals surface area contributed by atoms with Gasteiger partial charge in [-0.05, 0) is 0 Å². The average molecular weight is 282 g/mol. The molecule has 1 fully saturated rings. The smallest absolute Gasteiger partial charge is 0.317 e. The number of aromatic nitrogens is 3. The molecule has 0 bridgehead atoms. The molecule has 0 saturated carbocycles. The van der Waals surface area contributed by atoms with Crippen LogP contribution in [-0.4, -0.2) is 81.0 Å². The Labute approximate surface area is 115 Å². The van der Waals surface area contributed by atoms with Gasteiger partial charge in [0, 0.05) is 32.7 Å². The number of carboxylic acid groups (broad SMARTS) is 1. The maximum atomic E-state index is 12.2. The van der Waals surface area contributed by atoms with Gasteiger partial charge in [-0.25, -0.2) is 0 Å². The van der Waals surface area contributed by atoms with Crippen molar-refractivity contribution < 1.29 is 14.7 Å². The Morgan fingerprint density at radius 3 is 2.60 bits per heavy atom. The predicted molar refractivity (Wildman–Crippen MR) is 69.1 cm³/mol. The van der Waals surface area contributed by atoms with Crippen LogP contribution in [0.5, 0.6) is 0 Å². The van der Waals surface area contributed by atoms with Crippen LogP contribution in [0.15, 0.2) is 6.20 Å². The highest BCUT2D eigenvalue weighted by Crippen LogP contribution is 2.06. The van der Waals surface area contributed by atoms with Gasteiger partial charge in [0.25, 0.3) is 5.91 Å². The first kappa shape index (κ1) is 14.4. The fourth-order valence-corrected chi connectivity index (χ4v) is 2.10. The second kappa shape index (κ2) is 6.44. The van der Waals surface area contributed by atoms with Crippen molar-refractivity contribution >= 4 is 11.9 Å². The highest BCUT2D eigenvalue weighted by molar-refractivity contribution is 5.92. The Balaban J connectivity index is 1.89. The lowest BCUT2D eigenvalue weighted by Gasteiger charge is -2.33. The number of carbonyl (C=O) groups is 2. The van der Waals surface area contributed by atoms with Crippen LogP contribution in [0.4, 0.5) is 0 Å². The molecule has 20 heavy (non-hydrogen) atoms. The number of piperazine rings is 1. The van der Waals surface area contributed by atoms with Crippen molar-refractivity contribution in [3.63, 3.8) is 0 Å². The summed E-state index contributed by atoms with van der Waals surface area (Å²) in [6, 6.07) is 0. The molecule has 1 aliphatic rings. The van der Waals surface area contributed by atoms with Gasteiger partial charge >= 0.3 is 5.97 Å². The molecule has 0 spiro atoms. The Kier molecular flexibility index (Phi) is 4.64. The summed E-state index contributed by atoms with van der Waals surface area (Å²) in [7, 11) is 0. The highest BCUT2D eigenvalue weighted by Gasteiger charge is 2.24. The zero-order valence-electron chi connectivity index (χ0n) is 11.1. The molecule has 110 valence electrons. The zero-order chi connectivity index (χ0) is 14.5. The number of nitrogens with zero attached hydrogens (tertiary/aromatic N) is 5. The van der Waals surface area contributed by atoms with Crippen molar-refractivity contribution in [3.05, 3.63) is 11.9 Å². The molecule has 9 nitrogen and oxygen atoms in total. The van der Waals surface area contributed by atoms with E-state index in [1.165, 1.54) is 4.68 Å². The number of carbonyl (C=O) groups excluding carboxylic acids is 1. The van der Waals surface area contributed by atoms with Crippen LogP contribution in [-0.2, 0) is 11.3 Å². The van der Waals surface area contributed by atoms with Gasteiger partial charge < -0.3 is 15.7 Å². The van der Waals surface area contributed by atoms with Gasteiger partial charge in [0.2, 0.25) is 0 Å². The molecule has 1 saturated heterocycles. The van der Waals surface area contributed by atoms with E-state index in [1.54, 1.807) is 16.0 Å². The van der Waals surface area contributed by atoms with Crippen LogP contribution in [0.3, 0.4) is 0 Å². The zero-order valence-corrected chi connectivity index (χ0v) is 11.1. The normalized spacial score (nSPS) is 16.4. The van der Waals surface area contributed by atoms with Crippen molar-refractivity contribution in [2.24, 2.45) is 5.73 Å². The van der Waals surface area contributed by atoms with Gasteiger partial charge in [0.15, 0.2) is 5.69 Å². The quantitative estimate of drug-likeness (QED) is 0.646. The van der Waals surface area contributed by atoms with E-state index in [9.17, 15) is 9.59 Å². The number of nitrogens with two attached hydrogens (primary N) is 1. The summed E-state index contributed by atoms with van der Waals surface area (Å²) in [4.78, 5) is 26.3. The minimum atomic E-state index is -0.852. The molecule has 1 amide bonds. The second-order valence-corrected chi connectivity index (χ2v) is 4.62. The van der Waals surface area contributed by atoms with Crippen molar-refractivity contribution in [1.29, 1.82) is 0 Å². The Morgan fingerprint density at radius 1 is 1.30 bits per heavy atom. The molecular weight excluding hydrogens is 264 g/mol. The van der Waals surface area contributed by atoms with Gasteiger partial charge in [0.1, 0.15) is 0 Å². The predicted octanol–water partition coefficient (Wildman–Crippen LogP) is -1.92. The molecule has 0 aromatic carbocycles. The summed E-state index contributed by atoms with van der Waals surface area (Å²) >= 11 is 0. The number of hydrogen-bond donors (Lipinski definition) is 2. The molecule has 0 atom stereocenters. The Morgan fingerprint density at radius 2 is 2.00 bits per heavy atom.